The molecule has 4 rings (SSSR count). The predicted octanol–water partition coefficient (Wildman–Crippen LogP) is 3.88. The third kappa shape index (κ3) is 3.03. The maximum absolute atomic E-state index is 13.4. The number of benzene rings is 1. The number of halogens is 4. The van der Waals surface area contributed by atoms with Crippen molar-refractivity contribution in [1.29, 1.82) is 5.26 Å². The monoisotopic (exact) mass is 384 g/mol. The summed E-state index contributed by atoms with van der Waals surface area (Å²) in [5.41, 5.74) is 0.0853. The molecule has 0 N–H and O–H groups in total. The van der Waals surface area contributed by atoms with Crippen molar-refractivity contribution in [2.75, 3.05) is 0 Å². The van der Waals surface area contributed by atoms with Crippen LogP contribution in [0.15, 0.2) is 48.9 Å². The van der Waals surface area contributed by atoms with E-state index in [0.29, 0.717) is 17.0 Å². The standard InChI is InChI=1S/C18H8F4N6/c19-11-1-2-12(10(7-11)8-23)16-24-5-3-13(26-16)14-9-25-17-27-15(18(20,21)22)4-6-28(14)17/h1-7,9H. The Morgan fingerprint density at radius 3 is 2.61 bits per heavy atom. The molecule has 3 heterocycles. The summed E-state index contributed by atoms with van der Waals surface area (Å²) in [7, 11) is 0. The van der Waals surface area contributed by atoms with Gasteiger partial charge >= 0.3 is 6.18 Å². The summed E-state index contributed by atoms with van der Waals surface area (Å²) in [6, 6.07) is 7.91. The van der Waals surface area contributed by atoms with Crippen LogP contribution in [-0.2, 0) is 6.18 Å². The Labute approximate surface area is 154 Å². The minimum Gasteiger partial charge on any atom is -0.282 e. The van der Waals surface area contributed by atoms with E-state index in [4.69, 9.17) is 0 Å². The molecule has 0 fully saturated rings. The Balaban J connectivity index is 1.82. The molecule has 0 atom stereocenters. The van der Waals surface area contributed by atoms with Gasteiger partial charge < -0.3 is 0 Å². The topological polar surface area (TPSA) is 79.8 Å². The zero-order valence-corrected chi connectivity index (χ0v) is 13.8. The molecule has 4 aromatic rings. The summed E-state index contributed by atoms with van der Waals surface area (Å²) in [6.45, 7) is 0. The number of alkyl halides is 3. The summed E-state index contributed by atoms with van der Waals surface area (Å²) in [5, 5.41) is 9.20. The van der Waals surface area contributed by atoms with E-state index in [1.807, 2.05) is 6.07 Å². The highest BCUT2D eigenvalue weighted by molar-refractivity contribution is 5.67. The number of nitrogens with zero attached hydrogens (tertiary/aromatic N) is 6. The predicted molar refractivity (Wildman–Crippen MR) is 89.1 cm³/mol. The smallest absolute Gasteiger partial charge is 0.282 e. The molecule has 0 radical (unpaired) electrons. The van der Waals surface area contributed by atoms with Gasteiger partial charge in [0.1, 0.15) is 11.5 Å². The number of nitriles is 1. The van der Waals surface area contributed by atoms with E-state index in [2.05, 4.69) is 19.9 Å². The highest BCUT2D eigenvalue weighted by atomic mass is 19.4. The lowest BCUT2D eigenvalue weighted by atomic mass is 10.1. The van der Waals surface area contributed by atoms with Crippen molar-refractivity contribution in [2.24, 2.45) is 0 Å². The van der Waals surface area contributed by atoms with Crippen LogP contribution in [0.1, 0.15) is 11.3 Å². The summed E-state index contributed by atoms with van der Waals surface area (Å²) in [5.74, 6) is -0.530. The molecule has 10 heteroatoms. The van der Waals surface area contributed by atoms with Crippen molar-refractivity contribution in [3.63, 3.8) is 0 Å². The Kier molecular flexibility index (Phi) is 4.00. The third-order valence-corrected chi connectivity index (χ3v) is 3.93. The lowest BCUT2D eigenvalue weighted by Crippen LogP contribution is -2.09. The fraction of sp³-hybridized carbons (Fsp3) is 0.0556. The fourth-order valence-electron chi connectivity index (χ4n) is 2.65. The Morgan fingerprint density at radius 2 is 1.86 bits per heavy atom. The second-order valence-corrected chi connectivity index (χ2v) is 5.69. The molecule has 28 heavy (non-hydrogen) atoms. The quantitative estimate of drug-likeness (QED) is 0.490. The first-order valence-electron chi connectivity index (χ1n) is 7.81. The van der Waals surface area contributed by atoms with Crippen molar-refractivity contribution < 1.29 is 17.6 Å². The van der Waals surface area contributed by atoms with Crippen molar-refractivity contribution >= 4 is 5.78 Å². The molecule has 138 valence electrons. The molecule has 0 aliphatic heterocycles. The average Bonchev–Trinajstić information content (AvgIpc) is 3.10. The lowest BCUT2D eigenvalue weighted by Gasteiger charge is -2.07. The van der Waals surface area contributed by atoms with Crippen LogP contribution in [0.5, 0.6) is 0 Å². The highest BCUT2D eigenvalue weighted by Gasteiger charge is 2.33. The first-order chi connectivity index (χ1) is 13.4. The van der Waals surface area contributed by atoms with Crippen LogP contribution in [0.25, 0.3) is 28.6 Å². The van der Waals surface area contributed by atoms with E-state index < -0.39 is 17.7 Å². The summed E-state index contributed by atoms with van der Waals surface area (Å²) < 4.78 is 53.1. The van der Waals surface area contributed by atoms with Gasteiger partial charge in [-0.2, -0.15) is 18.4 Å². The van der Waals surface area contributed by atoms with Gasteiger partial charge in [-0.25, -0.2) is 24.3 Å². The van der Waals surface area contributed by atoms with Crippen LogP contribution in [0.2, 0.25) is 0 Å². The van der Waals surface area contributed by atoms with Crippen LogP contribution in [0, 0.1) is 17.1 Å². The summed E-state index contributed by atoms with van der Waals surface area (Å²) in [4.78, 5) is 15.9. The largest absolute Gasteiger partial charge is 0.433 e. The number of fused-ring (bicyclic) bond motifs is 1. The number of aromatic nitrogens is 5. The Bertz CT molecular complexity index is 1240. The van der Waals surface area contributed by atoms with Crippen LogP contribution in [0.4, 0.5) is 17.6 Å². The van der Waals surface area contributed by atoms with Crippen LogP contribution in [0.3, 0.4) is 0 Å². The van der Waals surface area contributed by atoms with Gasteiger partial charge in [-0.3, -0.25) is 4.40 Å². The second-order valence-electron chi connectivity index (χ2n) is 5.69. The first kappa shape index (κ1) is 17.5. The van der Waals surface area contributed by atoms with Gasteiger partial charge in [-0.05, 0) is 30.3 Å². The van der Waals surface area contributed by atoms with Crippen LogP contribution < -0.4 is 0 Å². The minimum atomic E-state index is -4.58. The SMILES string of the molecule is N#Cc1cc(F)ccc1-c1nccc(-c2cnc3nc(C(F)(F)F)ccn23)n1. The van der Waals surface area contributed by atoms with Crippen molar-refractivity contribution in [3.05, 3.63) is 66.0 Å². The molecule has 0 saturated heterocycles. The van der Waals surface area contributed by atoms with E-state index in [0.717, 1.165) is 12.1 Å². The Morgan fingerprint density at radius 1 is 1.04 bits per heavy atom. The van der Waals surface area contributed by atoms with Crippen LogP contribution >= 0.6 is 0 Å². The van der Waals surface area contributed by atoms with Gasteiger partial charge in [0.05, 0.1) is 29.2 Å². The maximum atomic E-state index is 13.4. The molecule has 0 bridgehead atoms. The van der Waals surface area contributed by atoms with E-state index >= 15 is 0 Å². The molecule has 0 spiro atoms. The van der Waals surface area contributed by atoms with Gasteiger partial charge in [-0.15, -0.1) is 0 Å². The summed E-state index contributed by atoms with van der Waals surface area (Å²) in [6.07, 6.45) is -0.607. The maximum Gasteiger partial charge on any atom is 0.433 e. The molecule has 1 aromatic carbocycles. The molecule has 0 saturated carbocycles. The van der Waals surface area contributed by atoms with Gasteiger partial charge in [-0.1, -0.05) is 0 Å². The lowest BCUT2D eigenvalue weighted by molar-refractivity contribution is -0.141. The van der Waals surface area contributed by atoms with Crippen molar-refractivity contribution in [2.45, 2.75) is 6.18 Å². The van der Waals surface area contributed by atoms with Crippen molar-refractivity contribution in [3.8, 4) is 28.8 Å². The number of imidazole rings is 1. The minimum absolute atomic E-state index is 0.0618. The van der Waals surface area contributed by atoms with Crippen molar-refractivity contribution in [1.82, 2.24) is 24.3 Å². The van der Waals surface area contributed by atoms with E-state index in [9.17, 15) is 22.8 Å². The zero-order valence-electron chi connectivity index (χ0n) is 13.8. The zero-order chi connectivity index (χ0) is 19.9. The molecule has 0 aliphatic carbocycles. The molecule has 0 unspecified atom stereocenters. The fourth-order valence-corrected chi connectivity index (χ4v) is 2.65. The molecular formula is C18H8F4N6. The molecule has 3 aromatic heterocycles. The number of hydrogen-bond donors (Lipinski definition) is 0. The normalized spacial score (nSPS) is 11.5. The third-order valence-electron chi connectivity index (χ3n) is 3.93. The van der Waals surface area contributed by atoms with Gasteiger partial charge in [0.25, 0.3) is 0 Å². The van der Waals surface area contributed by atoms with Gasteiger partial charge in [0.2, 0.25) is 5.78 Å². The second kappa shape index (κ2) is 6.38. The number of hydrogen-bond acceptors (Lipinski definition) is 5. The Hall–Kier alpha value is -3.87. The van der Waals surface area contributed by atoms with Gasteiger partial charge in [0, 0.05) is 18.0 Å². The molecule has 0 aliphatic rings. The summed E-state index contributed by atoms with van der Waals surface area (Å²) >= 11 is 0. The van der Waals surface area contributed by atoms with Crippen LogP contribution in [-0.4, -0.2) is 24.3 Å². The van der Waals surface area contributed by atoms with E-state index in [-0.39, 0.29) is 17.2 Å². The molecule has 0 amide bonds. The van der Waals surface area contributed by atoms with Gasteiger partial charge in [0.15, 0.2) is 5.82 Å². The highest BCUT2D eigenvalue weighted by Crippen LogP contribution is 2.29. The number of rotatable bonds is 2. The molecular weight excluding hydrogens is 376 g/mol. The first-order valence-corrected chi connectivity index (χ1v) is 7.81. The van der Waals surface area contributed by atoms with E-state index in [1.165, 1.54) is 35.1 Å². The molecule has 6 nitrogen and oxygen atoms in total. The van der Waals surface area contributed by atoms with E-state index in [1.54, 1.807) is 6.07 Å². The average molecular weight is 384 g/mol.